The van der Waals surface area contributed by atoms with Crippen LogP contribution >= 0.6 is 0 Å². The Morgan fingerprint density at radius 1 is 1.04 bits per heavy atom. The van der Waals surface area contributed by atoms with Crippen LogP contribution < -0.4 is 20.1 Å². The molecule has 2 aromatic carbocycles. The summed E-state index contributed by atoms with van der Waals surface area (Å²) in [5.41, 5.74) is 1.25. The number of hydrogen-bond acceptors (Lipinski definition) is 5. The number of amides is 1. The number of aromatic nitrogens is 1. The fourth-order valence-corrected chi connectivity index (χ4v) is 2.52. The molecule has 0 aliphatic carbocycles. The molecule has 2 heterocycles. The van der Waals surface area contributed by atoms with E-state index in [-0.39, 0.29) is 18.4 Å². The molecule has 0 fully saturated rings. The summed E-state index contributed by atoms with van der Waals surface area (Å²) in [7, 11) is 0. The van der Waals surface area contributed by atoms with E-state index >= 15 is 0 Å². The van der Waals surface area contributed by atoms with Gasteiger partial charge in [-0.2, -0.15) is 0 Å². The summed E-state index contributed by atoms with van der Waals surface area (Å²) in [5, 5.41) is 5.65. The molecule has 0 unspecified atom stereocenters. The number of para-hydroxylation sites is 1. The van der Waals surface area contributed by atoms with Crippen molar-refractivity contribution in [1.82, 2.24) is 4.98 Å². The van der Waals surface area contributed by atoms with Crippen LogP contribution in [0.2, 0.25) is 0 Å². The third kappa shape index (κ3) is 3.27. The molecule has 1 amide bonds. The maximum atomic E-state index is 13.7. The van der Waals surface area contributed by atoms with Gasteiger partial charge in [0.15, 0.2) is 11.5 Å². The molecule has 2 N–H and O–H groups in total. The molecule has 0 atom stereocenters. The van der Waals surface area contributed by atoms with Gasteiger partial charge < -0.3 is 20.1 Å². The van der Waals surface area contributed by atoms with Crippen LogP contribution in [0, 0.1) is 5.82 Å². The summed E-state index contributed by atoms with van der Waals surface area (Å²) in [6, 6.07) is 14.5. The van der Waals surface area contributed by atoms with Crippen LogP contribution in [0.4, 0.5) is 21.6 Å². The monoisotopic (exact) mass is 351 g/mol. The number of rotatable bonds is 4. The quantitative estimate of drug-likeness (QED) is 0.745. The standard InChI is InChI=1S/C19H14FN3O3/c20-14-3-1-2-4-15(14)23-18-9-12(7-8-21-18)19(24)22-13-5-6-16-17(10-13)26-11-25-16/h1-10H,11H2,(H,21,23)(H,22,24). The minimum absolute atomic E-state index is 0.169. The molecular formula is C19H14FN3O3. The summed E-state index contributed by atoms with van der Waals surface area (Å²) in [5.74, 6) is 0.878. The van der Waals surface area contributed by atoms with Gasteiger partial charge in [-0.25, -0.2) is 9.37 Å². The van der Waals surface area contributed by atoms with Gasteiger partial charge in [-0.05, 0) is 36.4 Å². The number of carbonyl (C=O) groups excluding carboxylic acids is 1. The normalized spacial score (nSPS) is 11.9. The number of benzene rings is 2. The molecule has 4 rings (SSSR count). The van der Waals surface area contributed by atoms with Gasteiger partial charge in [0.1, 0.15) is 11.6 Å². The van der Waals surface area contributed by atoms with Crippen LogP contribution in [0.25, 0.3) is 0 Å². The van der Waals surface area contributed by atoms with Crippen molar-refractivity contribution in [3.63, 3.8) is 0 Å². The number of carbonyl (C=O) groups is 1. The van der Waals surface area contributed by atoms with Crippen molar-refractivity contribution in [3.8, 4) is 11.5 Å². The van der Waals surface area contributed by atoms with Crippen molar-refractivity contribution < 1.29 is 18.7 Å². The number of nitrogens with zero attached hydrogens (tertiary/aromatic N) is 1. The molecule has 0 spiro atoms. The highest BCUT2D eigenvalue weighted by molar-refractivity contribution is 6.04. The first-order chi connectivity index (χ1) is 12.7. The van der Waals surface area contributed by atoms with Crippen LogP contribution in [0.3, 0.4) is 0 Å². The SMILES string of the molecule is O=C(Nc1ccc2c(c1)OCO2)c1ccnc(Nc2ccccc2F)c1. The van der Waals surface area contributed by atoms with Crippen molar-refractivity contribution in [2.24, 2.45) is 0 Å². The molecule has 26 heavy (non-hydrogen) atoms. The fraction of sp³-hybridized carbons (Fsp3) is 0.0526. The molecule has 1 aliphatic heterocycles. The highest BCUT2D eigenvalue weighted by Gasteiger charge is 2.15. The van der Waals surface area contributed by atoms with Gasteiger partial charge in [0.2, 0.25) is 6.79 Å². The lowest BCUT2D eigenvalue weighted by Crippen LogP contribution is -2.12. The minimum Gasteiger partial charge on any atom is -0.454 e. The summed E-state index contributed by atoms with van der Waals surface area (Å²) in [4.78, 5) is 16.6. The van der Waals surface area contributed by atoms with Crippen molar-refractivity contribution >= 4 is 23.1 Å². The Morgan fingerprint density at radius 2 is 1.88 bits per heavy atom. The van der Waals surface area contributed by atoms with Gasteiger partial charge in [0.05, 0.1) is 5.69 Å². The Hall–Kier alpha value is -3.61. The average molecular weight is 351 g/mol. The molecule has 0 saturated heterocycles. The zero-order chi connectivity index (χ0) is 17.9. The van der Waals surface area contributed by atoms with E-state index in [1.165, 1.54) is 12.3 Å². The molecule has 1 aromatic heterocycles. The first kappa shape index (κ1) is 15.9. The number of ether oxygens (including phenoxy) is 2. The number of nitrogens with one attached hydrogen (secondary N) is 2. The molecule has 7 heteroatoms. The first-order valence-electron chi connectivity index (χ1n) is 7.88. The van der Waals surface area contributed by atoms with Crippen molar-refractivity contribution in [2.45, 2.75) is 0 Å². The van der Waals surface area contributed by atoms with E-state index in [0.717, 1.165) is 0 Å². The van der Waals surface area contributed by atoms with Crippen LogP contribution in [0.1, 0.15) is 10.4 Å². The van der Waals surface area contributed by atoms with Crippen molar-refractivity contribution in [2.75, 3.05) is 17.4 Å². The highest BCUT2D eigenvalue weighted by Crippen LogP contribution is 2.34. The molecule has 3 aromatic rings. The molecule has 6 nitrogen and oxygen atoms in total. The second-order valence-corrected chi connectivity index (χ2v) is 5.56. The van der Waals surface area contributed by atoms with Crippen LogP contribution in [0.5, 0.6) is 11.5 Å². The third-order valence-electron chi connectivity index (χ3n) is 3.79. The Bertz CT molecular complexity index is 978. The number of anilines is 3. The summed E-state index contributed by atoms with van der Waals surface area (Å²) in [6.45, 7) is 0.169. The third-order valence-corrected chi connectivity index (χ3v) is 3.79. The molecular weight excluding hydrogens is 337 g/mol. The van der Waals surface area contributed by atoms with E-state index < -0.39 is 5.82 Å². The largest absolute Gasteiger partial charge is 0.454 e. The average Bonchev–Trinajstić information content (AvgIpc) is 3.12. The van der Waals surface area contributed by atoms with Gasteiger partial charge in [-0.15, -0.1) is 0 Å². The smallest absolute Gasteiger partial charge is 0.255 e. The first-order valence-corrected chi connectivity index (χ1v) is 7.88. The highest BCUT2D eigenvalue weighted by atomic mass is 19.1. The lowest BCUT2D eigenvalue weighted by molar-refractivity contribution is 0.102. The number of fused-ring (bicyclic) bond motifs is 1. The maximum absolute atomic E-state index is 13.7. The van der Waals surface area contributed by atoms with Crippen molar-refractivity contribution in [1.29, 1.82) is 0 Å². The second kappa shape index (κ2) is 6.72. The Labute approximate surface area is 148 Å². The predicted octanol–water partition coefficient (Wildman–Crippen LogP) is 3.95. The molecule has 0 saturated carbocycles. The predicted molar refractivity (Wildman–Crippen MR) is 94.4 cm³/mol. The second-order valence-electron chi connectivity index (χ2n) is 5.56. The topological polar surface area (TPSA) is 72.5 Å². The van der Waals surface area contributed by atoms with Gasteiger partial charge in [0, 0.05) is 23.5 Å². The van der Waals surface area contributed by atoms with E-state index in [4.69, 9.17) is 9.47 Å². The van der Waals surface area contributed by atoms with E-state index in [1.807, 2.05) is 0 Å². The maximum Gasteiger partial charge on any atom is 0.255 e. The van der Waals surface area contributed by atoms with Crippen LogP contribution in [0.15, 0.2) is 60.8 Å². The number of pyridine rings is 1. The van der Waals surface area contributed by atoms with Crippen molar-refractivity contribution in [3.05, 3.63) is 72.2 Å². The molecule has 1 aliphatic rings. The molecule has 0 radical (unpaired) electrons. The van der Waals surface area contributed by atoms with E-state index in [2.05, 4.69) is 15.6 Å². The Kier molecular flexibility index (Phi) is 4.10. The van der Waals surface area contributed by atoms with Gasteiger partial charge >= 0.3 is 0 Å². The zero-order valence-electron chi connectivity index (χ0n) is 13.5. The van der Waals surface area contributed by atoms with Gasteiger partial charge in [0.25, 0.3) is 5.91 Å². The summed E-state index contributed by atoms with van der Waals surface area (Å²) < 4.78 is 24.3. The van der Waals surface area contributed by atoms with E-state index in [1.54, 1.807) is 48.5 Å². The van der Waals surface area contributed by atoms with Crippen LogP contribution in [-0.4, -0.2) is 17.7 Å². The number of hydrogen-bond donors (Lipinski definition) is 2. The minimum atomic E-state index is -0.399. The lowest BCUT2D eigenvalue weighted by atomic mass is 10.2. The summed E-state index contributed by atoms with van der Waals surface area (Å²) >= 11 is 0. The lowest BCUT2D eigenvalue weighted by Gasteiger charge is -2.09. The van der Waals surface area contributed by atoms with E-state index in [9.17, 15) is 9.18 Å². The molecule has 130 valence electrons. The number of halogens is 1. The zero-order valence-corrected chi connectivity index (χ0v) is 13.5. The Morgan fingerprint density at radius 3 is 2.77 bits per heavy atom. The van der Waals surface area contributed by atoms with Gasteiger partial charge in [-0.1, -0.05) is 12.1 Å². The fourth-order valence-electron chi connectivity index (χ4n) is 2.52. The summed E-state index contributed by atoms with van der Waals surface area (Å²) in [6.07, 6.45) is 1.48. The van der Waals surface area contributed by atoms with E-state index in [0.29, 0.717) is 28.6 Å². The Balaban J connectivity index is 1.51. The molecule has 0 bridgehead atoms. The van der Waals surface area contributed by atoms with Crippen LogP contribution in [-0.2, 0) is 0 Å². The van der Waals surface area contributed by atoms with Gasteiger partial charge in [-0.3, -0.25) is 4.79 Å².